The molecule has 1 N–H and O–H groups in total. The van der Waals surface area contributed by atoms with Crippen molar-refractivity contribution in [2.24, 2.45) is 0 Å². The highest BCUT2D eigenvalue weighted by atomic mass is 35.5. The molecule has 0 aromatic heterocycles. The molecule has 3 aromatic rings. The van der Waals surface area contributed by atoms with Crippen LogP contribution in [0.4, 0.5) is 25.0 Å². The first kappa shape index (κ1) is 24.6. The number of urea groups is 1. The Morgan fingerprint density at radius 3 is 2.17 bits per heavy atom. The fraction of sp³-hybridized carbons (Fsp3) is 0.231. The summed E-state index contributed by atoms with van der Waals surface area (Å²) in [5, 5.41) is 8.96. The van der Waals surface area contributed by atoms with Gasteiger partial charge in [0.2, 0.25) is 0 Å². The molecule has 0 unspecified atom stereocenters. The lowest BCUT2D eigenvalue weighted by molar-refractivity contribution is 0.0903. The molecule has 35 heavy (non-hydrogen) atoms. The number of benzene rings is 3. The van der Waals surface area contributed by atoms with Crippen molar-refractivity contribution in [3.8, 4) is 0 Å². The van der Waals surface area contributed by atoms with Crippen molar-refractivity contribution in [2.45, 2.75) is 6.54 Å². The fourth-order valence-electron chi connectivity index (χ4n) is 3.97. The zero-order valence-electron chi connectivity index (χ0n) is 18.8. The molecule has 182 valence electrons. The summed E-state index contributed by atoms with van der Waals surface area (Å²) >= 11 is 6.00. The molecule has 9 heteroatoms. The van der Waals surface area contributed by atoms with Crippen LogP contribution in [0.5, 0.6) is 0 Å². The highest BCUT2D eigenvalue weighted by molar-refractivity contribution is 6.31. The number of piperazine rings is 1. The molecule has 0 saturated carbocycles. The van der Waals surface area contributed by atoms with E-state index in [4.69, 9.17) is 16.7 Å². The number of amides is 2. The zero-order valence-corrected chi connectivity index (χ0v) is 19.6. The Kier molecular flexibility index (Phi) is 7.63. The Morgan fingerprint density at radius 2 is 1.57 bits per heavy atom. The predicted octanol–water partition coefficient (Wildman–Crippen LogP) is 4.74. The summed E-state index contributed by atoms with van der Waals surface area (Å²) in [6.45, 7) is 1.65. The van der Waals surface area contributed by atoms with E-state index in [1.165, 1.54) is 35.2 Å². The smallest absolute Gasteiger partial charge is 0.324 e. The third-order valence-electron chi connectivity index (χ3n) is 5.95. The molecule has 0 atom stereocenters. The standard InChI is InChI=1S/C26H24ClF2N3O3/c27-23-15-22(9-10-24(23)29)32(16-18-1-3-19(4-2-18)25(34)17-33)26(35)31-13-11-30(12-14-31)21-7-5-20(28)6-8-21/h1-10,15,33H,11-14,16-17H2. The van der Waals surface area contributed by atoms with Crippen molar-refractivity contribution in [3.63, 3.8) is 0 Å². The minimum absolute atomic E-state index is 0.0923. The van der Waals surface area contributed by atoms with Crippen LogP contribution in [0.2, 0.25) is 5.02 Å². The number of carbonyl (C=O) groups is 2. The van der Waals surface area contributed by atoms with E-state index in [-0.39, 0.29) is 23.4 Å². The number of aliphatic hydroxyl groups excluding tert-OH is 1. The Morgan fingerprint density at radius 1 is 0.914 bits per heavy atom. The van der Waals surface area contributed by atoms with E-state index < -0.39 is 18.2 Å². The number of halogens is 3. The summed E-state index contributed by atoms with van der Waals surface area (Å²) in [5.74, 6) is -1.28. The Balaban J connectivity index is 1.52. The van der Waals surface area contributed by atoms with Gasteiger partial charge in [0.15, 0.2) is 5.78 Å². The summed E-state index contributed by atoms with van der Waals surface area (Å²) in [5.41, 5.74) is 2.45. The summed E-state index contributed by atoms with van der Waals surface area (Å²) in [6, 6.07) is 16.7. The second-order valence-corrected chi connectivity index (χ2v) is 8.60. The van der Waals surface area contributed by atoms with Crippen molar-refractivity contribution in [3.05, 3.63) is 94.5 Å². The van der Waals surface area contributed by atoms with E-state index >= 15 is 0 Å². The Hall–Kier alpha value is -3.49. The molecule has 3 aromatic carbocycles. The normalized spacial score (nSPS) is 13.6. The minimum Gasteiger partial charge on any atom is -0.388 e. The maximum Gasteiger partial charge on any atom is 0.324 e. The minimum atomic E-state index is -0.581. The van der Waals surface area contributed by atoms with Gasteiger partial charge in [-0.3, -0.25) is 9.69 Å². The first-order chi connectivity index (χ1) is 16.9. The number of Topliss-reactive ketones (excluding diaryl/α,β-unsaturated/α-hetero) is 1. The fourth-order valence-corrected chi connectivity index (χ4v) is 4.15. The number of carbonyl (C=O) groups excluding carboxylic acids is 2. The lowest BCUT2D eigenvalue weighted by atomic mass is 10.1. The van der Waals surface area contributed by atoms with Crippen molar-refractivity contribution in [1.82, 2.24) is 4.90 Å². The van der Waals surface area contributed by atoms with Crippen LogP contribution in [0.3, 0.4) is 0 Å². The highest BCUT2D eigenvalue weighted by Crippen LogP contribution is 2.26. The Labute approximate surface area is 206 Å². The molecule has 1 fully saturated rings. The number of aliphatic hydroxyl groups is 1. The second kappa shape index (κ2) is 10.8. The lowest BCUT2D eigenvalue weighted by Crippen LogP contribution is -2.53. The SMILES string of the molecule is O=C(CO)c1ccc(CN(C(=O)N2CCN(c3ccc(F)cc3)CC2)c2ccc(F)c(Cl)c2)cc1. The van der Waals surface area contributed by atoms with Crippen molar-refractivity contribution in [1.29, 1.82) is 0 Å². The molecule has 6 nitrogen and oxygen atoms in total. The van der Waals surface area contributed by atoms with Gasteiger partial charge in [-0.25, -0.2) is 13.6 Å². The van der Waals surface area contributed by atoms with Gasteiger partial charge >= 0.3 is 6.03 Å². The summed E-state index contributed by atoms with van der Waals surface area (Å²) < 4.78 is 27.0. The number of anilines is 2. The van der Waals surface area contributed by atoms with Crippen molar-refractivity contribution >= 4 is 34.8 Å². The maximum atomic E-state index is 13.8. The van der Waals surface area contributed by atoms with Crippen molar-refractivity contribution < 1.29 is 23.5 Å². The number of hydrogen-bond donors (Lipinski definition) is 1. The lowest BCUT2D eigenvalue weighted by Gasteiger charge is -2.38. The maximum absolute atomic E-state index is 13.8. The number of nitrogens with zero attached hydrogens (tertiary/aromatic N) is 3. The average molecular weight is 500 g/mol. The first-order valence-electron chi connectivity index (χ1n) is 11.1. The quantitative estimate of drug-likeness (QED) is 0.497. The van der Waals surface area contributed by atoms with E-state index in [1.807, 2.05) is 0 Å². The molecular weight excluding hydrogens is 476 g/mol. The van der Waals surface area contributed by atoms with Gasteiger partial charge in [-0.05, 0) is 48.0 Å². The topological polar surface area (TPSA) is 64.1 Å². The van der Waals surface area contributed by atoms with E-state index in [2.05, 4.69) is 4.90 Å². The van der Waals surface area contributed by atoms with Crippen LogP contribution in [-0.2, 0) is 6.54 Å². The molecule has 0 aliphatic carbocycles. The van der Waals surface area contributed by atoms with Crippen LogP contribution in [0, 0.1) is 11.6 Å². The van der Waals surface area contributed by atoms with E-state index in [1.54, 1.807) is 41.3 Å². The summed E-state index contributed by atoms with van der Waals surface area (Å²) in [7, 11) is 0. The molecular formula is C26H24ClF2N3O3. The van der Waals surface area contributed by atoms with E-state index in [9.17, 15) is 18.4 Å². The number of rotatable bonds is 6. The van der Waals surface area contributed by atoms with Gasteiger partial charge in [0, 0.05) is 43.1 Å². The van der Waals surface area contributed by atoms with Gasteiger partial charge in [-0.15, -0.1) is 0 Å². The van der Waals surface area contributed by atoms with Gasteiger partial charge < -0.3 is 14.9 Å². The summed E-state index contributed by atoms with van der Waals surface area (Å²) in [6.07, 6.45) is 0. The third-order valence-corrected chi connectivity index (χ3v) is 6.24. The highest BCUT2D eigenvalue weighted by Gasteiger charge is 2.27. The van der Waals surface area contributed by atoms with E-state index in [0.717, 1.165) is 11.3 Å². The summed E-state index contributed by atoms with van der Waals surface area (Å²) in [4.78, 5) is 30.6. The molecule has 0 bridgehead atoms. The second-order valence-electron chi connectivity index (χ2n) is 8.20. The predicted molar refractivity (Wildman–Crippen MR) is 131 cm³/mol. The Bertz CT molecular complexity index is 1200. The third kappa shape index (κ3) is 5.78. The molecule has 4 rings (SSSR count). The van der Waals surface area contributed by atoms with Crippen molar-refractivity contribution in [2.75, 3.05) is 42.6 Å². The largest absolute Gasteiger partial charge is 0.388 e. The molecule has 0 radical (unpaired) electrons. The van der Waals surface area contributed by atoms with Gasteiger partial charge in [-0.1, -0.05) is 35.9 Å². The number of hydrogen-bond acceptors (Lipinski definition) is 4. The van der Waals surface area contributed by atoms with Gasteiger partial charge in [0.05, 0.1) is 11.6 Å². The monoisotopic (exact) mass is 499 g/mol. The van der Waals surface area contributed by atoms with Crippen LogP contribution in [-0.4, -0.2) is 54.6 Å². The van der Waals surface area contributed by atoms with Gasteiger partial charge in [-0.2, -0.15) is 0 Å². The molecule has 1 aliphatic heterocycles. The van der Waals surface area contributed by atoms with Crippen LogP contribution < -0.4 is 9.80 Å². The molecule has 1 heterocycles. The van der Waals surface area contributed by atoms with Gasteiger partial charge in [0.1, 0.15) is 18.2 Å². The van der Waals surface area contributed by atoms with Crippen LogP contribution >= 0.6 is 11.6 Å². The van der Waals surface area contributed by atoms with Crippen LogP contribution in [0.15, 0.2) is 66.7 Å². The van der Waals surface area contributed by atoms with Crippen LogP contribution in [0.25, 0.3) is 0 Å². The number of ketones is 1. The van der Waals surface area contributed by atoms with Crippen LogP contribution in [0.1, 0.15) is 15.9 Å². The zero-order chi connectivity index (χ0) is 24.9. The average Bonchev–Trinajstić information content (AvgIpc) is 2.89. The van der Waals surface area contributed by atoms with Gasteiger partial charge in [0.25, 0.3) is 0 Å². The molecule has 2 amide bonds. The molecule has 1 aliphatic rings. The molecule has 0 spiro atoms. The molecule has 1 saturated heterocycles. The first-order valence-corrected chi connectivity index (χ1v) is 11.5. The van der Waals surface area contributed by atoms with E-state index in [0.29, 0.717) is 37.4 Å².